The summed E-state index contributed by atoms with van der Waals surface area (Å²) in [6.07, 6.45) is 4.42. The maximum Gasteiger partial charge on any atom is 0.315 e. The molecule has 0 bridgehead atoms. The van der Waals surface area contributed by atoms with E-state index in [9.17, 15) is 9.90 Å². The van der Waals surface area contributed by atoms with E-state index < -0.39 is 5.54 Å². The molecule has 0 radical (unpaired) electrons. The van der Waals surface area contributed by atoms with Gasteiger partial charge in [-0.2, -0.15) is 0 Å². The molecule has 2 fully saturated rings. The van der Waals surface area contributed by atoms with Crippen LogP contribution in [-0.4, -0.2) is 42.5 Å². The van der Waals surface area contributed by atoms with Crippen LogP contribution in [0, 0.1) is 5.92 Å². The van der Waals surface area contributed by atoms with Crippen molar-refractivity contribution in [2.24, 2.45) is 5.92 Å². The van der Waals surface area contributed by atoms with E-state index in [2.05, 4.69) is 10.6 Å². The molecule has 0 aromatic heterocycles. The first kappa shape index (κ1) is 12.6. The number of nitrogens with one attached hydrogen (secondary N) is 2. The highest BCUT2D eigenvalue weighted by Crippen LogP contribution is 2.39. The molecule has 2 atom stereocenters. The largest absolute Gasteiger partial charge is 0.394 e. The molecule has 5 nitrogen and oxygen atoms in total. The molecule has 5 heteroatoms. The predicted octanol–water partition coefficient (Wildman–Crippen LogP) is 0.626. The fourth-order valence-electron chi connectivity index (χ4n) is 2.31. The van der Waals surface area contributed by atoms with Crippen molar-refractivity contribution in [3.05, 3.63) is 0 Å². The molecule has 1 saturated carbocycles. The maximum atomic E-state index is 11.7. The fraction of sp³-hybridized carbons (Fsp3) is 0.917. The smallest absolute Gasteiger partial charge is 0.315 e. The maximum absolute atomic E-state index is 11.7. The number of hydrogen-bond donors (Lipinski definition) is 3. The quantitative estimate of drug-likeness (QED) is 0.662. The summed E-state index contributed by atoms with van der Waals surface area (Å²) in [6.45, 7) is 3.24. The van der Waals surface area contributed by atoms with Gasteiger partial charge < -0.3 is 20.5 Å². The first-order chi connectivity index (χ1) is 8.14. The van der Waals surface area contributed by atoms with Crippen LogP contribution in [0.15, 0.2) is 0 Å². The van der Waals surface area contributed by atoms with Gasteiger partial charge in [-0.05, 0) is 38.5 Å². The summed E-state index contributed by atoms with van der Waals surface area (Å²) in [6, 6.07) is -0.205. The van der Waals surface area contributed by atoms with Crippen molar-refractivity contribution in [1.29, 1.82) is 0 Å². The van der Waals surface area contributed by atoms with Crippen molar-refractivity contribution in [1.82, 2.24) is 10.6 Å². The zero-order chi connectivity index (χ0) is 12.3. The van der Waals surface area contributed by atoms with E-state index in [4.69, 9.17) is 4.74 Å². The third-order valence-corrected chi connectivity index (χ3v) is 3.72. The Balaban J connectivity index is 1.71. The van der Waals surface area contributed by atoms with Gasteiger partial charge in [-0.1, -0.05) is 0 Å². The molecular formula is C12H22N2O3. The molecule has 2 rings (SSSR count). The van der Waals surface area contributed by atoms with Gasteiger partial charge in [-0.25, -0.2) is 4.79 Å². The third kappa shape index (κ3) is 3.33. The van der Waals surface area contributed by atoms with Gasteiger partial charge in [0.25, 0.3) is 0 Å². The minimum atomic E-state index is -0.472. The van der Waals surface area contributed by atoms with Crippen LogP contribution in [0.25, 0.3) is 0 Å². The topological polar surface area (TPSA) is 70.6 Å². The number of aliphatic hydroxyl groups is 1. The Morgan fingerprint density at radius 3 is 2.76 bits per heavy atom. The first-order valence-corrected chi connectivity index (χ1v) is 6.42. The normalized spacial score (nSPS) is 27.5. The SMILES string of the molecule is C[C@@](CO)(NC(=O)NC[C@@H]1CCCO1)C1CC1. The van der Waals surface area contributed by atoms with Crippen LogP contribution >= 0.6 is 0 Å². The molecule has 17 heavy (non-hydrogen) atoms. The Morgan fingerprint density at radius 1 is 1.47 bits per heavy atom. The highest BCUT2D eigenvalue weighted by Gasteiger charge is 2.42. The van der Waals surface area contributed by atoms with Crippen molar-refractivity contribution in [2.75, 3.05) is 19.8 Å². The second-order valence-electron chi connectivity index (χ2n) is 5.32. The van der Waals surface area contributed by atoms with Crippen LogP contribution in [0.4, 0.5) is 4.79 Å². The van der Waals surface area contributed by atoms with Gasteiger partial charge in [-0.15, -0.1) is 0 Å². The molecule has 0 aromatic carbocycles. The standard InChI is InChI=1S/C12H22N2O3/c1-12(8-15,9-4-5-9)14-11(16)13-7-10-3-2-6-17-10/h9-10,15H,2-8H2,1H3,(H2,13,14,16)/t10-,12-/m0/s1. The van der Waals surface area contributed by atoms with Crippen molar-refractivity contribution in [3.63, 3.8) is 0 Å². The van der Waals surface area contributed by atoms with Gasteiger partial charge in [0.2, 0.25) is 0 Å². The van der Waals surface area contributed by atoms with Gasteiger partial charge in [0.15, 0.2) is 0 Å². The monoisotopic (exact) mass is 242 g/mol. The van der Waals surface area contributed by atoms with Gasteiger partial charge in [0.05, 0.1) is 18.2 Å². The Bertz CT molecular complexity index is 275. The van der Waals surface area contributed by atoms with E-state index in [1.54, 1.807) is 0 Å². The van der Waals surface area contributed by atoms with Crippen LogP contribution in [0.1, 0.15) is 32.6 Å². The highest BCUT2D eigenvalue weighted by atomic mass is 16.5. The second kappa shape index (κ2) is 5.23. The molecule has 1 saturated heterocycles. The molecule has 98 valence electrons. The number of carbonyl (C=O) groups is 1. The molecule has 2 amide bonds. The molecule has 0 spiro atoms. The lowest BCUT2D eigenvalue weighted by Gasteiger charge is -2.29. The Labute approximate surface area is 102 Å². The summed E-state index contributed by atoms with van der Waals surface area (Å²) >= 11 is 0. The zero-order valence-corrected chi connectivity index (χ0v) is 10.4. The molecule has 1 heterocycles. The number of aliphatic hydroxyl groups excluding tert-OH is 1. The summed E-state index contributed by atoms with van der Waals surface area (Å²) in [5.41, 5.74) is -0.472. The van der Waals surface area contributed by atoms with E-state index in [-0.39, 0.29) is 18.7 Å². The average molecular weight is 242 g/mol. The lowest BCUT2D eigenvalue weighted by Crippen LogP contribution is -2.54. The summed E-state index contributed by atoms with van der Waals surface area (Å²) in [7, 11) is 0. The van der Waals surface area contributed by atoms with E-state index in [0.717, 1.165) is 32.3 Å². The predicted molar refractivity (Wildman–Crippen MR) is 63.7 cm³/mol. The van der Waals surface area contributed by atoms with Crippen LogP contribution in [0.5, 0.6) is 0 Å². The number of rotatable bonds is 5. The Kier molecular flexibility index (Phi) is 3.89. The van der Waals surface area contributed by atoms with Crippen LogP contribution in [-0.2, 0) is 4.74 Å². The summed E-state index contributed by atoms with van der Waals surface area (Å²) in [5.74, 6) is 0.418. The minimum Gasteiger partial charge on any atom is -0.394 e. The molecule has 1 aliphatic carbocycles. The highest BCUT2D eigenvalue weighted by molar-refractivity contribution is 5.74. The molecular weight excluding hydrogens is 220 g/mol. The van der Waals surface area contributed by atoms with Crippen molar-refractivity contribution in [3.8, 4) is 0 Å². The summed E-state index contributed by atoms with van der Waals surface area (Å²) < 4.78 is 5.43. The average Bonchev–Trinajstić information content (AvgIpc) is 3.05. The van der Waals surface area contributed by atoms with E-state index in [0.29, 0.717) is 12.5 Å². The zero-order valence-electron chi connectivity index (χ0n) is 10.4. The molecule has 2 aliphatic rings. The number of carbonyl (C=O) groups excluding carboxylic acids is 1. The van der Waals surface area contributed by atoms with E-state index in [1.807, 2.05) is 6.92 Å². The summed E-state index contributed by atoms with van der Waals surface area (Å²) in [4.78, 5) is 11.7. The Hall–Kier alpha value is -0.810. The van der Waals surface area contributed by atoms with Crippen molar-refractivity contribution >= 4 is 6.03 Å². The van der Waals surface area contributed by atoms with Crippen molar-refractivity contribution < 1.29 is 14.6 Å². The van der Waals surface area contributed by atoms with E-state index in [1.165, 1.54) is 0 Å². The lowest BCUT2D eigenvalue weighted by atomic mass is 9.97. The Morgan fingerprint density at radius 2 is 2.24 bits per heavy atom. The molecule has 3 N–H and O–H groups in total. The number of urea groups is 1. The van der Waals surface area contributed by atoms with Gasteiger partial charge in [0, 0.05) is 13.2 Å². The van der Waals surface area contributed by atoms with Crippen LogP contribution in [0.3, 0.4) is 0 Å². The second-order valence-corrected chi connectivity index (χ2v) is 5.32. The van der Waals surface area contributed by atoms with Gasteiger partial charge >= 0.3 is 6.03 Å². The number of amides is 2. The molecule has 0 aromatic rings. The van der Waals surface area contributed by atoms with Gasteiger partial charge in [-0.3, -0.25) is 0 Å². The lowest BCUT2D eigenvalue weighted by molar-refractivity contribution is 0.109. The number of hydrogen-bond acceptors (Lipinski definition) is 3. The van der Waals surface area contributed by atoms with Crippen molar-refractivity contribution in [2.45, 2.75) is 44.2 Å². The minimum absolute atomic E-state index is 0.00891. The summed E-state index contributed by atoms with van der Waals surface area (Å²) in [5, 5.41) is 15.0. The van der Waals surface area contributed by atoms with Crippen LogP contribution in [0.2, 0.25) is 0 Å². The van der Waals surface area contributed by atoms with E-state index >= 15 is 0 Å². The van der Waals surface area contributed by atoms with Crippen LogP contribution < -0.4 is 10.6 Å². The third-order valence-electron chi connectivity index (χ3n) is 3.72. The fourth-order valence-corrected chi connectivity index (χ4v) is 2.31. The molecule has 1 aliphatic heterocycles. The number of ether oxygens (including phenoxy) is 1. The molecule has 0 unspecified atom stereocenters. The van der Waals surface area contributed by atoms with Gasteiger partial charge in [0.1, 0.15) is 0 Å². The first-order valence-electron chi connectivity index (χ1n) is 6.42.